The molecule has 0 unspecified atom stereocenters. The van der Waals surface area contributed by atoms with Crippen molar-refractivity contribution in [2.45, 2.75) is 45.1 Å². The second-order valence-corrected chi connectivity index (χ2v) is 8.04. The van der Waals surface area contributed by atoms with E-state index in [1.54, 1.807) is 0 Å². The third-order valence-corrected chi connectivity index (χ3v) is 6.19. The van der Waals surface area contributed by atoms with Crippen molar-refractivity contribution in [3.8, 4) is 5.69 Å². The van der Waals surface area contributed by atoms with E-state index in [9.17, 15) is 4.79 Å². The second-order valence-electron chi connectivity index (χ2n) is 8.04. The zero-order chi connectivity index (χ0) is 20.7. The van der Waals surface area contributed by atoms with Crippen molar-refractivity contribution in [1.29, 1.82) is 0 Å². The molecule has 0 saturated carbocycles. The average molecular weight is 406 g/mol. The van der Waals surface area contributed by atoms with Crippen molar-refractivity contribution in [2.24, 2.45) is 0 Å². The van der Waals surface area contributed by atoms with E-state index >= 15 is 0 Å². The fraction of sp³-hybridized carbons (Fsp3) is 0.435. The molecule has 2 aliphatic rings. The van der Waals surface area contributed by atoms with Gasteiger partial charge in [0.15, 0.2) is 5.89 Å². The summed E-state index contributed by atoms with van der Waals surface area (Å²) in [6.07, 6.45) is 5.12. The number of ether oxygens (including phenoxy) is 1. The van der Waals surface area contributed by atoms with Gasteiger partial charge in [0.1, 0.15) is 5.60 Å². The molecule has 2 aromatic heterocycles. The van der Waals surface area contributed by atoms with E-state index in [2.05, 4.69) is 23.3 Å². The minimum absolute atomic E-state index is 0.0830. The molecule has 1 spiro atoms. The Balaban J connectivity index is 1.37. The SMILES string of the molecule is CCc1nc(C)c(C(=O)N2CCC3(CC2)OCCc2cn(-c4ccccc4)nc23)o1. The molecule has 0 radical (unpaired) electrons. The van der Waals surface area contributed by atoms with Crippen molar-refractivity contribution < 1.29 is 13.9 Å². The van der Waals surface area contributed by atoms with Crippen LogP contribution in [0.4, 0.5) is 0 Å². The number of hydrogen-bond donors (Lipinski definition) is 0. The lowest BCUT2D eigenvalue weighted by Crippen LogP contribution is -2.48. The van der Waals surface area contributed by atoms with Gasteiger partial charge in [-0.25, -0.2) is 9.67 Å². The maximum Gasteiger partial charge on any atom is 0.291 e. The molecule has 30 heavy (non-hydrogen) atoms. The Bertz CT molecular complexity index is 1060. The Morgan fingerprint density at radius 3 is 2.67 bits per heavy atom. The first-order valence-corrected chi connectivity index (χ1v) is 10.6. The Kier molecular flexibility index (Phi) is 4.70. The number of benzene rings is 1. The summed E-state index contributed by atoms with van der Waals surface area (Å²) >= 11 is 0. The summed E-state index contributed by atoms with van der Waals surface area (Å²) in [5.74, 6) is 0.887. The molecule has 0 atom stereocenters. The van der Waals surface area contributed by atoms with Crippen LogP contribution in [0, 0.1) is 6.92 Å². The highest BCUT2D eigenvalue weighted by Gasteiger charge is 2.44. The molecule has 1 aromatic carbocycles. The van der Waals surface area contributed by atoms with E-state index < -0.39 is 5.60 Å². The highest BCUT2D eigenvalue weighted by Crippen LogP contribution is 2.41. The summed E-state index contributed by atoms with van der Waals surface area (Å²) in [5, 5.41) is 4.91. The molecular formula is C23H26N4O3. The van der Waals surface area contributed by atoms with Crippen LogP contribution in [0.2, 0.25) is 0 Å². The standard InChI is InChI=1S/C23H26N4O3/c1-3-19-24-16(2)20(30-19)22(28)26-12-10-23(11-13-26)21-17(9-14-29-23)15-27(25-21)18-7-5-4-6-8-18/h4-8,15H,3,9-14H2,1-2H3. The number of amides is 1. The Labute approximate surface area is 175 Å². The number of carbonyl (C=O) groups is 1. The fourth-order valence-electron chi connectivity index (χ4n) is 4.51. The number of para-hydroxylation sites is 1. The lowest BCUT2D eigenvalue weighted by Gasteiger charge is -2.42. The fourth-order valence-corrected chi connectivity index (χ4v) is 4.51. The van der Waals surface area contributed by atoms with Crippen LogP contribution in [0.25, 0.3) is 5.69 Å². The van der Waals surface area contributed by atoms with E-state index in [-0.39, 0.29) is 5.91 Å². The molecule has 0 N–H and O–H groups in total. The van der Waals surface area contributed by atoms with Crippen LogP contribution in [-0.2, 0) is 23.2 Å². The second kappa shape index (κ2) is 7.40. The van der Waals surface area contributed by atoms with Gasteiger partial charge < -0.3 is 14.1 Å². The summed E-state index contributed by atoms with van der Waals surface area (Å²) < 4.78 is 13.9. The number of fused-ring (bicyclic) bond motifs is 2. The minimum atomic E-state index is -0.421. The Morgan fingerprint density at radius 1 is 1.20 bits per heavy atom. The number of aryl methyl sites for hydroxylation is 2. The highest BCUT2D eigenvalue weighted by molar-refractivity contribution is 5.92. The zero-order valence-corrected chi connectivity index (χ0v) is 17.4. The number of nitrogens with zero attached hydrogens (tertiary/aromatic N) is 4. The topological polar surface area (TPSA) is 73.4 Å². The van der Waals surface area contributed by atoms with Crippen LogP contribution in [-0.4, -0.2) is 45.3 Å². The summed E-state index contributed by atoms with van der Waals surface area (Å²) in [5.41, 5.74) is 3.55. The lowest BCUT2D eigenvalue weighted by molar-refractivity contribution is -0.0965. The van der Waals surface area contributed by atoms with Gasteiger partial charge in [0.2, 0.25) is 5.76 Å². The molecule has 1 amide bonds. The largest absolute Gasteiger partial charge is 0.435 e. The predicted molar refractivity (Wildman–Crippen MR) is 111 cm³/mol. The van der Waals surface area contributed by atoms with Crippen LogP contribution in [0.3, 0.4) is 0 Å². The Morgan fingerprint density at radius 2 is 1.97 bits per heavy atom. The summed E-state index contributed by atoms with van der Waals surface area (Å²) in [6, 6.07) is 10.1. The number of rotatable bonds is 3. The maximum absolute atomic E-state index is 13.0. The molecule has 2 aliphatic heterocycles. The monoisotopic (exact) mass is 406 g/mol. The van der Waals surface area contributed by atoms with Crippen molar-refractivity contribution in [1.82, 2.24) is 19.7 Å². The van der Waals surface area contributed by atoms with Gasteiger partial charge >= 0.3 is 0 Å². The number of piperidine rings is 1. The van der Waals surface area contributed by atoms with Crippen LogP contribution >= 0.6 is 0 Å². The van der Waals surface area contributed by atoms with Crippen molar-refractivity contribution in [2.75, 3.05) is 19.7 Å². The van der Waals surface area contributed by atoms with Crippen molar-refractivity contribution in [3.63, 3.8) is 0 Å². The maximum atomic E-state index is 13.0. The molecule has 3 aromatic rings. The predicted octanol–water partition coefficient (Wildman–Crippen LogP) is 3.44. The summed E-state index contributed by atoms with van der Waals surface area (Å²) in [6.45, 7) is 5.70. The van der Waals surface area contributed by atoms with Crippen molar-refractivity contribution >= 4 is 5.91 Å². The van der Waals surface area contributed by atoms with Gasteiger partial charge in [0.05, 0.1) is 23.7 Å². The number of likely N-dealkylation sites (tertiary alicyclic amines) is 1. The molecule has 1 fully saturated rings. The van der Waals surface area contributed by atoms with E-state index in [1.807, 2.05) is 41.6 Å². The van der Waals surface area contributed by atoms with Gasteiger partial charge in [-0.05, 0) is 43.9 Å². The van der Waals surface area contributed by atoms with Gasteiger partial charge in [-0.1, -0.05) is 25.1 Å². The molecule has 4 heterocycles. The quantitative estimate of drug-likeness (QED) is 0.666. The van der Waals surface area contributed by atoms with Gasteiger partial charge in [-0.2, -0.15) is 5.10 Å². The molecule has 0 aliphatic carbocycles. The molecule has 0 bridgehead atoms. The molecule has 156 valence electrons. The normalized spacial score (nSPS) is 17.9. The summed E-state index contributed by atoms with van der Waals surface area (Å²) in [4.78, 5) is 19.2. The minimum Gasteiger partial charge on any atom is -0.435 e. The zero-order valence-electron chi connectivity index (χ0n) is 17.4. The summed E-state index contributed by atoms with van der Waals surface area (Å²) in [7, 11) is 0. The first kappa shape index (κ1) is 19.1. The molecule has 1 saturated heterocycles. The van der Waals surface area contributed by atoms with Crippen LogP contribution in [0.15, 0.2) is 40.9 Å². The number of aromatic nitrogens is 3. The van der Waals surface area contributed by atoms with Crippen LogP contribution in [0.1, 0.15) is 53.2 Å². The molecular weight excluding hydrogens is 380 g/mol. The molecule has 7 nitrogen and oxygen atoms in total. The highest BCUT2D eigenvalue weighted by atomic mass is 16.5. The van der Waals surface area contributed by atoms with Gasteiger partial charge in [-0.15, -0.1) is 0 Å². The number of carbonyl (C=O) groups excluding carboxylic acids is 1. The number of oxazole rings is 1. The number of hydrogen-bond acceptors (Lipinski definition) is 5. The van der Waals surface area contributed by atoms with Crippen LogP contribution < -0.4 is 0 Å². The van der Waals surface area contributed by atoms with E-state index in [0.717, 1.165) is 30.6 Å². The molecule has 7 heteroatoms. The third kappa shape index (κ3) is 3.13. The van der Waals surface area contributed by atoms with E-state index in [4.69, 9.17) is 14.3 Å². The van der Waals surface area contributed by atoms with Gasteiger partial charge in [0, 0.05) is 25.7 Å². The molecule has 5 rings (SSSR count). The van der Waals surface area contributed by atoms with E-state index in [1.165, 1.54) is 5.56 Å². The average Bonchev–Trinajstić information content (AvgIpc) is 3.39. The van der Waals surface area contributed by atoms with Crippen molar-refractivity contribution in [3.05, 3.63) is 65.1 Å². The third-order valence-electron chi connectivity index (χ3n) is 6.19. The van der Waals surface area contributed by atoms with Gasteiger partial charge in [-0.3, -0.25) is 4.79 Å². The first-order chi connectivity index (χ1) is 14.6. The lowest BCUT2D eigenvalue weighted by atomic mass is 9.83. The van der Waals surface area contributed by atoms with Gasteiger partial charge in [0.25, 0.3) is 5.91 Å². The Hall–Kier alpha value is -2.93. The van der Waals surface area contributed by atoms with Crippen LogP contribution in [0.5, 0.6) is 0 Å². The smallest absolute Gasteiger partial charge is 0.291 e. The van der Waals surface area contributed by atoms with E-state index in [0.29, 0.717) is 43.5 Å². The first-order valence-electron chi connectivity index (χ1n) is 10.6.